The Balaban J connectivity index is 0.000000980. The molecule has 2 nitrogen and oxygen atoms in total. The lowest BCUT2D eigenvalue weighted by molar-refractivity contribution is 1.14. The third kappa shape index (κ3) is 4.08. The Morgan fingerprint density at radius 2 is 1.80 bits per heavy atom. The van der Waals surface area contributed by atoms with Gasteiger partial charge in [0.1, 0.15) is 0 Å². The number of benzene rings is 1. The number of hydrogen-bond acceptors (Lipinski definition) is 3. The molecule has 0 saturated heterocycles. The summed E-state index contributed by atoms with van der Waals surface area (Å²) in [7, 11) is 0. The third-order valence-corrected chi connectivity index (χ3v) is 2.60. The smallest absolute Gasteiger partial charge is 0.0968 e. The monoisotopic (exact) mass is 262 g/mol. The van der Waals surface area contributed by atoms with Gasteiger partial charge in [-0.05, 0) is 17.7 Å². The Kier molecular flexibility index (Phi) is 6.32. The number of rotatable bonds is 2. The standard InChI is InChI=1S/C10H10N2S.2ClH/c11-9-3-1-8(2-4-9)7-10-12-5-6-13-10;;/h1-6H,7,11H2;2*1H. The fourth-order valence-corrected chi connectivity index (χ4v) is 1.80. The topological polar surface area (TPSA) is 38.9 Å². The minimum absolute atomic E-state index is 0. The van der Waals surface area contributed by atoms with Gasteiger partial charge in [0.15, 0.2) is 0 Å². The van der Waals surface area contributed by atoms with Crippen LogP contribution in [0.2, 0.25) is 0 Å². The number of nitrogens with two attached hydrogens (primary N) is 1. The molecule has 1 heterocycles. The van der Waals surface area contributed by atoms with Crippen LogP contribution < -0.4 is 5.73 Å². The van der Waals surface area contributed by atoms with Crippen molar-refractivity contribution in [3.63, 3.8) is 0 Å². The molecule has 0 bridgehead atoms. The highest BCUT2D eigenvalue weighted by Gasteiger charge is 1.97. The zero-order chi connectivity index (χ0) is 9.10. The van der Waals surface area contributed by atoms with E-state index in [1.165, 1.54) is 5.56 Å². The van der Waals surface area contributed by atoms with Crippen LogP contribution in [0.4, 0.5) is 5.69 Å². The second kappa shape index (κ2) is 6.67. The molecule has 1 aromatic heterocycles. The van der Waals surface area contributed by atoms with Gasteiger partial charge in [-0.15, -0.1) is 36.2 Å². The molecule has 0 atom stereocenters. The van der Waals surface area contributed by atoms with E-state index in [0.717, 1.165) is 17.1 Å². The summed E-state index contributed by atoms with van der Waals surface area (Å²) in [6, 6.07) is 7.92. The third-order valence-electron chi connectivity index (χ3n) is 1.82. The van der Waals surface area contributed by atoms with Gasteiger partial charge in [0.05, 0.1) is 5.01 Å². The van der Waals surface area contributed by atoms with Crippen LogP contribution in [0.1, 0.15) is 10.6 Å². The normalized spacial score (nSPS) is 8.80. The molecule has 0 aliphatic carbocycles. The second-order valence-corrected chi connectivity index (χ2v) is 3.82. The second-order valence-electron chi connectivity index (χ2n) is 2.84. The van der Waals surface area contributed by atoms with Crippen LogP contribution in [0.3, 0.4) is 0 Å². The largest absolute Gasteiger partial charge is 0.399 e. The first-order valence-electron chi connectivity index (χ1n) is 4.07. The van der Waals surface area contributed by atoms with E-state index in [2.05, 4.69) is 4.98 Å². The summed E-state index contributed by atoms with van der Waals surface area (Å²) in [6.07, 6.45) is 2.73. The number of anilines is 1. The van der Waals surface area contributed by atoms with Gasteiger partial charge in [-0.1, -0.05) is 12.1 Å². The summed E-state index contributed by atoms with van der Waals surface area (Å²) in [5.74, 6) is 0. The maximum atomic E-state index is 5.59. The van der Waals surface area contributed by atoms with Crippen LogP contribution in [0.5, 0.6) is 0 Å². The summed E-state index contributed by atoms with van der Waals surface area (Å²) in [5.41, 5.74) is 7.65. The molecule has 0 unspecified atom stereocenters. The quantitative estimate of drug-likeness (QED) is 0.845. The number of nitrogens with zero attached hydrogens (tertiary/aromatic N) is 1. The van der Waals surface area contributed by atoms with Gasteiger partial charge in [0, 0.05) is 23.7 Å². The minimum atomic E-state index is 0. The first-order valence-corrected chi connectivity index (χ1v) is 4.95. The number of thiazole rings is 1. The van der Waals surface area contributed by atoms with Crippen molar-refractivity contribution in [1.82, 2.24) is 4.98 Å². The number of aromatic nitrogens is 1. The molecular weight excluding hydrogens is 251 g/mol. The van der Waals surface area contributed by atoms with Crippen LogP contribution in [-0.4, -0.2) is 4.98 Å². The Morgan fingerprint density at radius 3 is 2.33 bits per heavy atom. The predicted molar refractivity (Wildman–Crippen MR) is 70.3 cm³/mol. The SMILES string of the molecule is Cl.Cl.Nc1ccc(Cc2nccs2)cc1. The van der Waals surface area contributed by atoms with Crippen molar-refractivity contribution in [2.45, 2.75) is 6.42 Å². The lowest BCUT2D eigenvalue weighted by Crippen LogP contribution is -1.88. The first kappa shape index (κ1) is 14.2. The van der Waals surface area contributed by atoms with Gasteiger partial charge in [-0.2, -0.15) is 0 Å². The van der Waals surface area contributed by atoms with Crippen molar-refractivity contribution in [2.24, 2.45) is 0 Å². The molecule has 2 rings (SSSR count). The van der Waals surface area contributed by atoms with E-state index in [-0.39, 0.29) is 24.8 Å². The average Bonchev–Trinajstić information content (AvgIpc) is 2.62. The first-order chi connectivity index (χ1) is 6.34. The van der Waals surface area contributed by atoms with Crippen molar-refractivity contribution >= 4 is 41.8 Å². The van der Waals surface area contributed by atoms with E-state index in [0.29, 0.717) is 0 Å². The number of nitrogen functional groups attached to an aromatic ring is 1. The van der Waals surface area contributed by atoms with Crippen molar-refractivity contribution in [3.05, 3.63) is 46.4 Å². The zero-order valence-corrected chi connectivity index (χ0v) is 10.4. The minimum Gasteiger partial charge on any atom is -0.399 e. The Labute approximate surface area is 105 Å². The van der Waals surface area contributed by atoms with Crippen LogP contribution in [-0.2, 0) is 6.42 Å². The van der Waals surface area contributed by atoms with Crippen LogP contribution >= 0.6 is 36.2 Å². The van der Waals surface area contributed by atoms with E-state index < -0.39 is 0 Å². The average molecular weight is 263 g/mol. The predicted octanol–water partition coefficient (Wildman–Crippen LogP) is 3.16. The highest BCUT2D eigenvalue weighted by atomic mass is 35.5. The van der Waals surface area contributed by atoms with Gasteiger partial charge in [0.25, 0.3) is 0 Å². The molecule has 0 spiro atoms. The van der Waals surface area contributed by atoms with Gasteiger partial charge in [0.2, 0.25) is 0 Å². The fourth-order valence-electron chi connectivity index (χ4n) is 1.15. The molecule has 0 aliphatic heterocycles. The molecule has 82 valence electrons. The molecule has 0 amide bonds. The van der Waals surface area contributed by atoms with Crippen molar-refractivity contribution < 1.29 is 0 Å². The Hall–Kier alpha value is -0.770. The Bertz CT molecular complexity index is 373. The molecule has 0 saturated carbocycles. The highest BCUT2D eigenvalue weighted by molar-refractivity contribution is 7.09. The number of hydrogen-bond donors (Lipinski definition) is 1. The summed E-state index contributed by atoms with van der Waals surface area (Å²) in [6.45, 7) is 0. The fraction of sp³-hybridized carbons (Fsp3) is 0.100. The van der Waals surface area contributed by atoms with Gasteiger partial charge in [-0.25, -0.2) is 4.98 Å². The van der Waals surface area contributed by atoms with Gasteiger partial charge < -0.3 is 5.73 Å². The summed E-state index contributed by atoms with van der Waals surface area (Å²) < 4.78 is 0. The summed E-state index contributed by atoms with van der Waals surface area (Å²) in [5, 5.41) is 3.14. The molecule has 0 fully saturated rings. The molecule has 1 aromatic carbocycles. The molecule has 2 N–H and O–H groups in total. The van der Waals surface area contributed by atoms with Crippen molar-refractivity contribution in [2.75, 3.05) is 5.73 Å². The highest BCUT2D eigenvalue weighted by Crippen LogP contribution is 2.13. The maximum absolute atomic E-state index is 5.59. The molecular formula is C10H12Cl2N2S. The lowest BCUT2D eigenvalue weighted by atomic mass is 10.1. The van der Waals surface area contributed by atoms with Gasteiger partial charge in [-0.3, -0.25) is 0 Å². The summed E-state index contributed by atoms with van der Waals surface area (Å²) >= 11 is 1.68. The number of halogens is 2. The van der Waals surface area contributed by atoms with E-state index >= 15 is 0 Å². The lowest BCUT2D eigenvalue weighted by Gasteiger charge is -1.97. The molecule has 2 aromatic rings. The van der Waals surface area contributed by atoms with E-state index in [1.54, 1.807) is 11.3 Å². The maximum Gasteiger partial charge on any atom is 0.0968 e. The van der Waals surface area contributed by atoms with E-state index in [9.17, 15) is 0 Å². The summed E-state index contributed by atoms with van der Waals surface area (Å²) in [4.78, 5) is 4.22. The van der Waals surface area contributed by atoms with E-state index in [4.69, 9.17) is 5.73 Å². The molecule has 0 aliphatic rings. The van der Waals surface area contributed by atoms with Crippen LogP contribution in [0.15, 0.2) is 35.8 Å². The molecule has 5 heteroatoms. The van der Waals surface area contributed by atoms with E-state index in [1.807, 2.05) is 35.8 Å². The molecule has 0 radical (unpaired) electrons. The van der Waals surface area contributed by atoms with Crippen LogP contribution in [0, 0.1) is 0 Å². The van der Waals surface area contributed by atoms with Crippen molar-refractivity contribution in [3.8, 4) is 0 Å². The van der Waals surface area contributed by atoms with Gasteiger partial charge >= 0.3 is 0 Å². The van der Waals surface area contributed by atoms with Crippen LogP contribution in [0.25, 0.3) is 0 Å². The zero-order valence-electron chi connectivity index (χ0n) is 7.92. The molecule has 15 heavy (non-hydrogen) atoms. The van der Waals surface area contributed by atoms with Crippen molar-refractivity contribution in [1.29, 1.82) is 0 Å². The Morgan fingerprint density at radius 1 is 1.13 bits per heavy atom.